The number of rotatable bonds is 2. The van der Waals surface area contributed by atoms with Crippen molar-refractivity contribution in [1.29, 1.82) is 15.8 Å². The molecule has 0 unspecified atom stereocenters. The van der Waals surface area contributed by atoms with Gasteiger partial charge in [0.05, 0.1) is 24.0 Å². The first-order valence-electron chi connectivity index (χ1n) is 8.05. The van der Waals surface area contributed by atoms with Crippen LogP contribution in [0.3, 0.4) is 0 Å². The van der Waals surface area contributed by atoms with Crippen LogP contribution < -0.4 is 5.73 Å². The summed E-state index contributed by atoms with van der Waals surface area (Å²) >= 11 is 0. The second-order valence-corrected chi connectivity index (χ2v) is 6.28. The van der Waals surface area contributed by atoms with Gasteiger partial charge in [-0.05, 0) is 30.4 Å². The highest BCUT2D eigenvalue weighted by atomic mass is 16.5. The molecule has 6 heteroatoms. The molecule has 0 spiro atoms. The summed E-state index contributed by atoms with van der Waals surface area (Å²) in [6.07, 6.45) is 1.52. The molecule has 2 aliphatic rings. The van der Waals surface area contributed by atoms with E-state index in [4.69, 9.17) is 10.5 Å². The first kappa shape index (κ1) is 16.6. The third-order valence-corrected chi connectivity index (χ3v) is 5.11. The zero-order valence-electron chi connectivity index (χ0n) is 13.5. The molecule has 124 valence electrons. The monoisotopic (exact) mass is 332 g/mol. The number of nitrogens with zero attached hydrogens (tertiary/aromatic N) is 3. The standard InChI is InChI=1S/C19H16N4O2/c20-10-18(11-21)16(13-6-2-1-3-7-13)25-15-9-5-4-8-14(15)19(18,12-22)17(23)24/h1-3,6-7,16H,4-5,8-9H2,(H2,23,24)/t16-,19-/m0/s1. The van der Waals surface area contributed by atoms with Gasteiger partial charge in [0.15, 0.2) is 11.5 Å². The minimum atomic E-state index is -2.05. The van der Waals surface area contributed by atoms with Gasteiger partial charge in [0.1, 0.15) is 0 Å². The third-order valence-electron chi connectivity index (χ3n) is 5.11. The molecule has 1 aliphatic carbocycles. The van der Waals surface area contributed by atoms with Gasteiger partial charge in [-0.25, -0.2) is 0 Å². The van der Waals surface area contributed by atoms with Gasteiger partial charge in [-0.3, -0.25) is 4.79 Å². The van der Waals surface area contributed by atoms with Crippen LogP contribution in [0.2, 0.25) is 0 Å². The Bertz CT molecular complexity index is 855. The molecule has 0 fully saturated rings. The molecule has 6 nitrogen and oxygen atoms in total. The highest BCUT2D eigenvalue weighted by Gasteiger charge is 2.68. The Morgan fingerprint density at radius 2 is 1.72 bits per heavy atom. The first-order chi connectivity index (χ1) is 12.1. The van der Waals surface area contributed by atoms with Crippen molar-refractivity contribution in [2.45, 2.75) is 31.8 Å². The van der Waals surface area contributed by atoms with E-state index in [-0.39, 0.29) is 0 Å². The Labute approximate surface area is 145 Å². The first-order valence-corrected chi connectivity index (χ1v) is 8.05. The number of hydrogen-bond donors (Lipinski definition) is 1. The molecule has 3 rings (SSSR count). The van der Waals surface area contributed by atoms with Crippen molar-refractivity contribution in [2.75, 3.05) is 0 Å². The number of hydrogen-bond acceptors (Lipinski definition) is 5. The molecule has 1 amide bonds. The maximum Gasteiger partial charge on any atom is 0.245 e. The number of nitriles is 3. The van der Waals surface area contributed by atoms with E-state index in [1.54, 1.807) is 30.3 Å². The quantitative estimate of drug-likeness (QED) is 0.891. The molecule has 1 aromatic carbocycles. The van der Waals surface area contributed by atoms with Gasteiger partial charge in [0.25, 0.3) is 0 Å². The van der Waals surface area contributed by atoms with Crippen molar-refractivity contribution in [1.82, 2.24) is 0 Å². The van der Waals surface area contributed by atoms with Crippen molar-refractivity contribution in [3.63, 3.8) is 0 Å². The van der Waals surface area contributed by atoms with Crippen LogP contribution in [-0.4, -0.2) is 5.91 Å². The number of benzene rings is 1. The smallest absolute Gasteiger partial charge is 0.245 e. The topological polar surface area (TPSA) is 124 Å². The molecule has 0 saturated carbocycles. The fourth-order valence-corrected chi connectivity index (χ4v) is 3.88. The van der Waals surface area contributed by atoms with Crippen LogP contribution in [0.15, 0.2) is 41.7 Å². The van der Waals surface area contributed by atoms with Crippen LogP contribution in [0.5, 0.6) is 0 Å². The summed E-state index contributed by atoms with van der Waals surface area (Å²) in [4.78, 5) is 12.5. The second kappa shape index (κ2) is 5.96. The summed E-state index contributed by atoms with van der Waals surface area (Å²) in [5.41, 5.74) is 2.51. The lowest BCUT2D eigenvalue weighted by atomic mass is 9.54. The number of allylic oxidation sites excluding steroid dienone is 1. The molecule has 1 aromatic rings. The zero-order valence-corrected chi connectivity index (χ0v) is 13.5. The molecule has 0 saturated heterocycles. The number of carbonyl (C=O) groups excluding carboxylic acids is 1. The van der Waals surface area contributed by atoms with Crippen LogP contribution in [-0.2, 0) is 9.53 Å². The molecule has 0 bridgehead atoms. The van der Waals surface area contributed by atoms with Gasteiger partial charge in [-0.15, -0.1) is 0 Å². The molecule has 25 heavy (non-hydrogen) atoms. The van der Waals surface area contributed by atoms with E-state index in [2.05, 4.69) is 0 Å². The molecular weight excluding hydrogens is 316 g/mol. The van der Waals surface area contributed by atoms with E-state index >= 15 is 0 Å². The van der Waals surface area contributed by atoms with Crippen LogP contribution >= 0.6 is 0 Å². The van der Waals surface area contributed by atoms with E-state index in [9.17, 15) is 20.6 Å². The summed E-state index contributed by atoms with van der Waals surface area (Å²) in [5, 5.41) is 29.9. The van der Waals surface area contributed by atoms with Gasteiger partial charge in [-0.1, -0.05) is 30.3 Å². The summed E-state index contributed by atoms with van der Waals surface area (Å²) < 4.78 is 6.06. The van der Waals surface area contributed by atoms with Gasteiger partial charge in [-0.2, -0.15) is 15.8 Å². The molecule has 2 N–H and O–H groups in total. The predicted octanol–water partition coefficient (Wildman–Crippen LogP) is 2.61. The van der Waals surface area contributed by atoms with E-state index in [1.165, 1.54) is 0 Å². The van der Waals surface area contributed by atoms with E-state index in [1.807, 2.05) is 18.2 Å². The van der Waals surface area contributed by atoms with Gasteiger partial charge < -0.3 is 10.5 Å². The van der Waals surface area contributed by atoms with Gasteiger partial charge >= 0.3 is 0 Å². The summed E-state index contributed by atoms with van der Waals surface area (Å²) in [6, 6.07) is 14.5. The Balaban J connectivity index is 2.37. The number of nitrogens with two attached hydrogens (primary N) is 1. The average Bonchev–Trinajstić information content (AvgIpc) is 2.66. The average molecular weight is 332 g/mol. The summed E-state index contributed by atoms with van der Waals surface area (Å²) in [7, 11) is 0. The maximum absolute atomic E-state index is 12.5. The van der Waals surface area contributed by atoms with Crippen LogP contribution in [0.4, 0.5) is 0 Å². The number of ether oxygens (including phenoxy) is 1. The normalized spacial score (nSPS) is 27.0. The maximum atomic E-state index is 12.5. The van der Waals surface area contributed by atoms with E-state index in [0.29, 0.717) is 29.7 Å². The molecule has 0 aromatic heterocycles. The van der Waals surface area contributed by atoms with Crippen molar-refractivity contribution in [3.8, 4) is 18.2 Å². The molecule has 0 radical (unpaired) electrons. The van der Waals surface area contributed by atoms with Crippen LogP contribution in [0.25, 0.3) is 0 Å². The SMILES string of the molecule is N#CC1(C#N)[C@H](c2ccccc2)OC2=C(CCCC2)[C@@]1(C#N)C(N)=O. The number of primary amides is 1. The van der Waals surface area contributed by atoms with E-state index < -0.39 is 22.8 Å². The summed E-state index contributed by atoms with van der Waals surface area (Å²) in [6.45, 7) is 0. The fraction of sp³-hybridized carbons (Fsp3) is 0.368. The van der Waals surface area contributed by atoms with Gasteiger partial charge in [0, 0.05) is 6.42 Å². The predicted molar refractivity (Wildman–Crippen MR) is 86.7 cm³/mol. The number of carbonyl (C=O) groups is 1. The van der Waals surface area contributed by atoms with Crippen molar-refractivity contribution in [3.05, 3.63) is 47.2 Å². The lowest BCUT2D eigenvalue weighted by Gasteiger charge is -2.47. The zero-order chi connectivity index (χ0) is 18.1. The van der Waals surface area contributed by atoms with Crippen molar-refractivity contribution < 1.29 is 9.53 Å². The Kier molecular flexibility index (Phi) is 3.95. The minimum Gasteiger partial charge on any atom is -0.487 e. The third kappa shape index (κ3) is 2.03. The lowest BCUT2D eigenvalue weighted by Crippen LogP contribution is -2.56. The number of amides is 1. The summed E-state index contributed by atoms with van der Waals surface area (Å²) in [5.74, 6) is -0.460. The lowest BCUT2D eigenvalue weighted by molar-refractivity contribution is -0.132. The second-order valence-electron chi connectivity index (χ2n) is 6.28. The highest BCUT2D eigenvalue weighted by molar-refractivity contribution is 5.90. The Morgan fingerprint density at radius 3 is 2.28 bits per heavy atom. The molecule has 2 atom stereocenters. The fourth-order valence-electron chi connectivity index (χ4n) is 3.88. The van der Waals surface area contributed by atoms with E-state index in [0.717, 1.165) is 12.8 Å². The molecule has 1 heterocycles. The Hall–Kier alpha value is -3.30. The minimum absolute atomic E-state index is 0.393. The highest BCUT2D eigenvalue weighted by Crippen LogP contribution is 2.60. The van der Waals surface area contributed by atoms with Crippen LogP contribution in [0.1, 0.15) is 37.4 Å². The Morgan fingerprint density at radius 1 is 1.08 bits per heavy atom. The largest absolute Gasteiger partial charge is 0.487 e. The van der Waals surface area contributed by atoms with Crippen molar-refractivity contribution >= 4 is 5.91 Å². The molecule has 1 aliphatic heterocycles. The van der Waals surface area contributed by atoms with Crippen molar-refractivity contribution in [2.24, 2.45) is 16.6 Å². The molecular formula is C19H16N4O2. The van der Waals surface area contributed by atoms with Crippen LogP contribution in [0, 0.1) is 44.8 Å². The van der Waals surface area contributed by atoms with Gasteiger partial charge in [0.2, 0.25) is 11.3 Å².